The van der Waals surface area contributed by atoms with Gasteiger partial charge in [-0.2, -0.15) is 0 Å². The van der Waals surface area contributed by atoms with Crippen molar-refractivity contribution in [2.45, 2.75) is 19.6 Å². The van der Waals surface area contributed by atoms with Crippen molar-refractivity contribution < 1.29 is 14.3 Å². The first-order chi connectivity index (χ1) is 16.6. The van der Waals surface area contributed by atoms with Crippen LogP contribution < -0.4 is 15.0 Å². The molecule has 1 amide bonds. The summed E-state index contributed by atoms with van der Waals surface area (Å²) >= 11 is 0. The van der Waals surface area contributed by atoms with Crippen LogP contribution in [0.3, 0.4) is 0 Å². The van der Waals surface area contributed by atoms with Gasteiger partial charge >= 0.3 is 0 Å². The summed E-state index contributed by atoms with van der Waals surface area (Å²) in [6, 6.07) is 17.3. The number of aromatic nitrogens is 2. The Balaban J connectivity index is 1.35. The molecule has 0 aliphatic carbocycles. The Morgan fingerprint density at radius 2 is 1.88 bits per heavy atom. The van der Waals surface area contributed by atoms with E-state index in [1.807, 2.05) is 43.3 Å². The maximum Gasteiger partial charge on any atom is 0.251 e. The number of carbonyl (C=O) groups is 1. The summed E-state index contributed by atoms with van der Waals surface area (Å²) in [5, 5.41) is 3.88. The van der Waals surface area contributed by atoms with Gasteiger partial charge in [0.05, 0.1) is 11.6 Å². The molecular weight excluding hydrogens is 428 g/mol. The number of amides is 1. The maximum absolute atomic E-state index is 12.8. The van der Waals surface area contributed by atoms with E-state index in [2.05, 4.69) is 32.3 Å². The van der Waals surface area contributed by atoms with E-state index in [9.17, 15) is 4.79 Å². The van der Waals surface area contributed by atoms with Crippen LogP contribution in [0.25, 0.3) is 10.9 Å². The molecule has 7 heteroatoms. The first-order valence-electron chi connectivity index (χ1n) is 11.2. The number of nitrogens with one attached hydrogen (secondary N) is 1. The molecule has 1 N–H and O–H groups in total. The molecule has 2 aromatic carbocycles. The number of rotatable bonds is 7. The van der Waals surface area contributed by atoms with Gasteiger partial charge in [0.15, 0.2) is 0 Å². The second kappa shape index (κ2) is 9.49. The van der Waals surface area contributed by atoms with E-state index < -0.39 is 0 Å². The largest absolute Gasteiger partial charge is 0.456 e. The average molecular weight is 455 g/mol. The zero-order valence-corrected chi connectivity index (χ0v) is 19.2. The molecule has 0 unspecified atom stereocenters. The fraction of sp³-hybridized carbons (Fsp3) is 0.222. The van der Waals surface area contributed by atoms with Crippen LogP contribution in [0.1, 0.15) is 21.5 Å². The molecule has 0 radical (unpaired) electrons. The number of nitrogens with zero attached hydrogens (tertiary/aromatic N) is 3. The molecule has 7 nitrogen and oxygen atoms in total. The highest BCUT2D eigenvalue weighted by atomic mass is 16.5. The highest BCUT2D eigenvalue weighted by Gasteiger charge is 2.26. The fourth-order valence-corrected chi connectivity index (χ4v) is 4.06. The third-order valence-electron chi connectivity index (χ3n) is 6.18. The Morgan fingerprint density at radius 3 is 2.68 bits per heavy atom. The monoisotopic (exact) mass is 454 g/mol. The van der Waals surface area contributed by atoms with Crippen molar-refractivity contribution >= 4 is 22.5 Å². The van der Waals surface area contributed by atoms with E-state index in [4.69, 9.17) is 9.47 Å². The Hall–Kier alpha value is -3.97. The van der Waals surface area contributed by atoms with Gasteiger partial charge < -0.3 is 19.7 Å². The van der Waals surface area contributed by atoms with Crippen molar-refractivity contribution in [3.05, 3.63) is 89.9 Å². The maximum atomic E-state index is 12.8. The molecule has 0 atom stereocenters. The van der Waals surface area contributed by atoms with Gasteiger partial charge in [-0.15, -0.1) is 0 Å². The molecule has 1 saturated heterocycles. The zero-order valence-electron chi connectivity index (χ0n) is 19.2. The first kappa shape index (κ1) is 21.9. The van der Waals surface area contributed by atoms with Gasteiger partial charge in [0.25, 0.3) is 5.91 Å². The van der Waals surface area contributed by atoms with E-state index in [0.29, 0.717) is 23.6 Å². The van der Waals surface area contributed by atoms with Crippen LogP contribution in [0.5, 0.6) is 11.5 Å². The minimum absolute atomic E-state index is 0.145. The number of hydrogen-bond donors (Lipinski definition) is 1. The number of methoxy groups -OCH3 is 1. The molecule has 0 spiro atoms. The van der Waals surface area contributed by atoms with Gasteiger partial charge in [-0.25, -0.2) is 0 Å². The standard InChI is InChI=1S/C27H26N4O3/c1-18-22(27(32)30-15-19-8-11-28-12-9-19)4-3-5-25(18)34-26-10-13-29-24-14-20(6-7-23(24)26)31-16-21(17-31)33-2/h3-14,21H,15-17H2,1-2H3,(H,30,32). The smallest absolute Gasteiger partial charge is 0.251 e. The SMILES string of the molecule is COC1CN(c2ccc3c(Oc4cccc(C(=O)NCc5ccncc5)c4C)ccnc3c2)C1. The molecule has 4 aromatic rings. The van der Waals surface area contributed by atoms with Crippen LogP contribution in [0.15, 0.2) is 73.2 Å². The minimum Gasteiger partial charge on any atom is -0.456 e. The Morgan fingerprint density at radius 1 is 1.06 bits per heavy atom. The van der Waals surface area contributed by atoms with Crippen molar-refractivity contribution in [2.24, 2.45) is 0 Å². The highest BCUT2D eigenvalue weighted by molar-refractivity contribution is 5.96. The van der Waals surface area contributed by atoms with Crippen molar-refractivity contribution in [1.29, 1.82) is 0 Å². The van der Waals surface area contributed by atoms with Gasteiger partial charge in [0.1, 0.15) is 11.5 Å². The third-order valence-corrected chi connectivity index (χ3v) is 6.18. The molecule has 1 aliphatic rings. The highest BCUT2D eigenvalue weighted by Crippen LogP contribution is 2.34. The lowest BCUT2D eigenvalue weighted by Gasteiger charge is -2.40. The second-order valence-electron chi connectivity index (χ2n) is 8.34. The van der Waals surface area contributed by atoms with Crippen molar-refractivity contribution in [3.63, 3.8) is 0 Å². The quantitative estimate of drug-likeness (QED) is 0.443. The predicted octanol–water partition coefficient (Wildman–Crippen LogP) is 4.50. The van der Waals surface area contributed by atoms with Crippen LogP contribution in [-0.4, -0.2) is 42.2 Å². The molecule has 2 aromatic heterocycles. The van der Waals surface area contributed by atoms with Crippen molar-refractivity contribution in [2.75, 3.05) is 25.1 Å². The van der Waals surface area contributed by atoms with Crippen molar-refractivity contribution in [3.8, 4) is 11.5 Å². The van der Waals surface area contributed by atoms with Gasteiger partial charge in [0.2, 0.25) is 0 Å². The lowest BCUT2D eigenvalue weighted by Crippen LogP contribution is -2.51. The number of hydrogen-bond acceptors (Lipinski definition) is 6. The Kier molecular flexibility index (Phi) is 6.10. The van der Waals surface area contributed by atoms with Crippen LogP contribution in [0.2, 0.25) is 0 Å². The van der Waals surface area contributed by atoms with E-state index in [1.54, 1.807) is 31.8 Å². The van der Waals surface area contributed by atoms with Gasteiger partial charge in [-0.1, -0.05) is 6.07 Å². The summed E-state index contributed by atoms with van der Waals surface area (Å²) in [5.74, 6) is 1.19. The number of fused-ring (bicyclic) bond motifs is 1. The molecule has 34 heavy (non-hydrogen) atoms. The third kappa shape index (κ3) is 4.43. The lowest BCUT2D eigenvalue weighted by atomic mass is 10.1. The van der Waals surface area contributed by atoms with Gasteiger partial charge in [0, 0.05) is 67.5 Å². The van der Waals surface area contributed by atoms with Crippen molar-refractivity contribution in [1.82, 2.24) is 15.3 Å². The van der Waals surface area contributed by atoms with Crippen LogP contribution in [0.4, 0.5) is 5.69 Å². The minimum atomic E-state index is -0.145. The molecule has 0 bridgehead atoms. The fourth-order valence-electron chi connectivity index (χ4n) is 4.06. The van der Waals surface area contributed by atoms with Gasteiger partial charge in [-0.3, -0.25) is 14.8 Å². The molecule has 0 saturated carbocycles. The topological polar surface area (TPSA) is 76.6 Å². The average Bonchev–Trinajstić information content (AvgIpc) is 2.84. The van der Waals surface area contributed by atoms with Crippen LogP contribution in [-0.2, 0) is 11.3 Å². The van der Waals surface area contributed by atoms with Gasteiger partial charge in [-0.05, 0) is 61.0 Å². The molecule has 172 valence electrons. The summed E-state index contributed by atoms with van der Waals surface area (Å²) in [4.78, 5) is 23.6. The number of pyridine rings is 2. The molecule has 5 rings (SSSR count). The van der Waals surface area contributed by atoms with E-state index in [0.717, 1.165) is 40.8 Å². The molecule has 3 heterocycles. The Labute approximate surface area is 198 Å². The summed E-state index contributed by atoms with van der Waals surface area (Å²) in [6.07, 6.45) is 5.46. The lowest BCUT2D eigenvalue weighted by molar-refractivity contribution is 0.0788. The normalized spacial score (nSPS) is 13.5. The molecule has 1 aliphatic heterocycles. The second-order valence-corrected chi connectivity index (χ2v) is 8.34. The van der Waals surface area contributed by atoms with E-state index >= 15 is 0 Å². The molecular formula is C27H26N4O3. The number of ether oxygens (including phenoxy) is 2. The number of anilines is 1. The summed E-state index contributed by atoms with van der Waals surface area (Å²) < 4.78 is 11.7. The summed E-state index contributed by atoms with van der Waals surface area (Å²) in [7, 11) is 1.75. The van der Waals surface area contributed by atoms with E-state index in [-0.39, 0.29) is 12.0 Å². The Bertz CT molecular complexity index is 1320. The van der Waals surface area contributed by atoms with Crippen LogP contribution >= 0.6 is 0 Å². The summed E-state index contributed by atoms with van der Waals surface area (Å²) in [5.41, 5.74) is 4.33. The number of benzene rings is 2. The first-order valence-corrected chi connectivity index (χ1v) is 11.2. The van der Waals surface area contributed by atoms with Crippen LogP contribution in [0, 0.1) is 6.92 Å². The predicted molar refractivity (Wildman–Crippen MR) is 131 cm³/mol. The zero-order chi connectivity index (χ0) is 23.5. The molecule has 1 fully saturated rings. The van der Waals surface area contributed by atoms with E-state index in [1.165, 1.54) is 0 Å². The summed E-state index contributed by atoms with van der Waals surface area (Å²) in [6.45, 7) is 4.10. The number of carbonyl (C=O) groups excluding carboxylic acids is 1.